The van der Waals surface area contributed by atoms with E-state index in [0.29, 0.717) is 30.6 Å². The highest BCUT2D eigenvalue weighted by Crippen LogP contribution is 2.31. The summed E-state index contributed by atoms with van der Waals surface area (Å²) in [5, 5.41) is 1.15. The smallest absolute Gasteiger partial charge is 0.338 e. The zero-order valence-corrected chi connectivity index (χ0v) is 19.1. The van der Waals surface area contributed by atoms with Gasteiger partial charge in [-0.3, -0.25) is 9.36 Å². The first kappa shape index (κ1) is 21.6. The Kier molecular flexibility index (Phi) is 6.14. The second-order valence-electron chi connectivity index (χ2n) is 6.91. The number of allylic oxidation sites excluding steroid dienone is 1. The van der Waals surface area contributed by atoms with Crippen LogP contribution in [0.5, 0.6) is 0 Å². The molecule has 0 N–H and O–H groups in total. The molecule has 2 aromatic carbocycles. The van der Waals surface area contributed by atoms with Crippen LogP contribution in [0.25, 0.3) is 6.08 Å². The Balaban J connectivity index is 1.96. The van der Waals surface area contributed by atoms with Crippen LogP contribution in [0.2, 0.25) is 10.0 Å². The van der Waals surface area contributed by atoms with Gasteiger partial charge in [0.05, 0.1) is 28.5 Å². The molecule has 1 unspecified atom stereocenters. The average Bonchev–Trinajstić information content (AvgIpc) is 3.02. The van der Waals surface area contributed by atoms with Gasteiger partial charge in [0.15, 0.2) is 4.80 Å². The van der Waals surface area contributed by atoms with Crippen molar-refractivity contribution in [3.05, 3.63) is 101 Å². The van der Waals surface area contributed by atoms with Crippen molar-refractivity contribution < 1.29 is 9.53 Å². The topological polar surface area (TPSA) is 60.7 Å². The lowest BCUT2D eigenvalue weighted by molar-refractivity contribution is -0.139. The molecule has 0 amide bonds. The van der Waals surface area contributed by atoms with Gasteiger partial charge in [0.2, 0.25) is 0 Å². The zero-order chi connectivity index (χ0) is 22.1. The predicted molar refractivity (Wildman–Crippen MR) is 123 cm³/mol. The van der Waals surface area contributed by atoms with E-state index in [1.54, 1.807) is 60.9 Å². The van der Waals surface area contributed by atoms with Crippen molar-refractivity contribution in [3.8, 4) is 0 Å². The number of hydrogen-bond donors (Lipinski definition) is 0. The first-order valence-corrected chi connectivity index (χ1v) is 11.2. The Morgan fingerprint density at radius 2 is 1.94 bits per heavy atom. The number of esters is 1. The Hall–Kier alpha value is -2.67. The van der Waals surface area contributed by atoms with Gasteiger partial charge in [-0.05, 0) is 55.3 Å². The van der Waals surface area contributed by atoms with Gasteiger partial charge in [-0.2, -0.15) is 0 Å². The highest BCUT2D eigenvalue weighted by molar-refractivity contribution is 7.07. The maximum atomic E-state index is 13.4. The van der Waals surface area contributed by atoms with Crippen LogP contribution in [0.4, 0.5) is 0 Å². The summed E-state index contributed by atoms with van der Waals surface area (Å²) in [4.78, 5) is 31.3. The summed E-state index contributed by atoms with van der Waals surface area (Å²) in [6.07, 6.45) is 1.78. The lowest BCUT2D eigenvalue weighted by Crippen LogP contribution is -2.39. The second-order valence-corrected chi connectivity index (χ2v) is 8.79. The molecule has 1 aliphatic heterocycles. The van der Waals surface area contributed by atoms with E-state index in [4.69, 9.17) is 27.9 Å². The Bertz CT molecular complexity index is 1370. The molecule has 0 aliphatic carbocycles. The van der Waals surface area contributed by atoms with E-state index in [9.17, 15) is 9.59 Å². The van der Waals surface area contributed by atoms with Crippen molar-refractivity contribution in [2.24, 2.45) is 4.99 Å². The van der Waals surface area contributed by atoms with Crippen LogP contribution in [-0.4, -0.2) is 17.1 Å². The summed E-state index contributed by atoms with van der Waals surface area (Å²) in [5.74, 6) is -0.493. The minimum absolute atomic E-state index is 0.224. The van der Waals surface area contributed by atoms with Crippen LogP contribution in [0.1, 0.15) is 31.0 Å². The molecule has 1 atom stereocenters. The van der Waals surface area contributed by atoms with E-state index in [1.165, 1.54) is 11.3 Å². The van der Waals surface area contributed by atoms with E-state index in [0.717, 1.165) is 11.1 Å². The number of halogens is 2. The maximum Gasteiger partial charge on any atom is 0.338 e. The number of carbonyl (C=O) groups is 1. The number of rotatable bonds is 4. The summed E-state index contributed by atoms with van der Waals surface area (Å²) in [7, 11) is 0. The van der Waals surface area contributed by atoms with Gasteiger partial charge in [-0.25, -0.2) is 9.79 Å². The predicted octanol–water partition coefficient (Wildman–Crippen LogP) is 4.11. The van der Waals surface area contributed by atoms with Crippen LogP contribution in [-0.2, 0) is 9.53 Å². The normalized spacial score (nSPS) is 16.1. The molecule has 0 saturated carbocycles. The van der Waals surface area contributed by atoms with Crippen LogP contribution >= 0.6 is 34.5 Å². The van der Waals surface area contributed by atoms with E-state index in [2.05, 4.69) is 4.99 Å². The number of aromatic nitrogens is 1. The first-order valence-electron chi connectivity index (χ1n) is 9.59. The fraction of sp³-hybridized carbons (Fsp3) is 0.174. The molecular weight excluding hydrogens is 455 g/mol. The second kappa shape index (κ2) is 8.83. The van der Waals surface area contributed by atoms with Crippen molar-refractivity contribution in [2.45, 2.75) is 19.9 Å². The van der Waals surface area contributed by atoms with E-state index in [1.807, 2.05) is 12.1 Å². The van der Waals surface area contributed by atoms with Gasteiger partial charge in [-0.15, -0.1) is 0 Å². The number of hydrogen-bond acceptors (Lipinski definition) is 5. The van der Waals surface area contributed by atoms with E-state index >= 15 is 0 Å². The zero-order valence-electron chi connectivity index (χ0n) is 16.8. The molecule has 5 nitrogen and oxygen atoms in total. The number of carbonyl (C=O) groups excluding carboxylic acids is 1. The number of thiazole rings is 1. The third kappa shape index (κ3) is 4.24. The van der Waals surface area contributed by atoms with Gasteiger partial charge in [-0.1, -0.05) is 58.8 Å². The van der Waals surface area contributed by atoms with Crippen molar-refractivity contribution >= 4 is 46.6 Å². The number of fused-ring (bicyclic) bond motifs is 1. The Labute approximate surface area is 192 Å². The highest BCUT2D eigenvalue weighted by atomic mass is 35.5. The largest absolute Gasteiger partial charge is 0.463 e. The standard InChI is InChI=1S/C23H18Cl2N2O3S/c1-3-30-22(29)19-13(2)26-23-27(20(19)15-7-9-16(24)10-8-15)21(28)18(31-23)12-14-5-4-6-17(25)11-14/h4-12,20H,3H2,1-2H3. The molecule has 2 heterocycles. The molecule has 0 radical (unpaired) electrons. The number of benzene rings is 2. The summed E-state index contributed by atoms with van der Waals surface area (Å²) in [6.45, 7) is 3.72. The SMILES string of the molecule is CCOC(=O)C1=C(C)N=c2sc(=Cc3cccc(Cl)c3)c(=O)n2C1c1ccc(Cl)cc1. The molecule has 8 heteroatoms. The summed E-state index contributed by atoms with van der Waals surface area (Å²) in [5.41, 5.74) is 2.18. The molecule has 0 bridgehead atoms. The first-order chi connectivity index (χ1) is 14.9. The number of nitrogens with zero attached hydrogens (tertiary/aromatic N) is 2. The fourth-order valence-electron chi connectivity index (χ4n) is 3.50. The molecule has 0 saturated heterocycles. The lowest BCUT2D eigenvalue weighted by Gasteiger charge is -2.24. The van der Waals surface area contributed by atoms with Gasteiger partial charge < -0.3 is 4.74 Å². The minimum atomic E-state index is -0.658. The Morgan fingerprint density at radius 3 is 2.61 bits per heavy atom. The fourth-order valence-corrected chi connectivity index (χ4v) is 4.87. The van der Waals surface area contributed by atoms with Gasteiger partial charge >= 0.3 is 5.97 Å². The van der Waals surface area contributed by atoms with Crippen LogP contribution in [0, 0.1) is 0 Å². The summed E-state index contributed by atoms with van der Waals surface area (Å²) in [6, 6.07) is 13.7. The lowest BCUT2D eigenvalue weighted by atomic mass is 9.96. The molecular formula is C23H18Cl2N2O3S. The Morgan fingerprint density at radius 1 is 1.19 bits per heavy atom. The van der Waals surface area contributed by atoms with Crippen molar-refractivity contribution in [1.82, 2.24) is 4.57 Å². The summed E-state index contributed by atoms with van der Waals surface area (Å²) >= 11 is 13.4. The summed E-state index contributed by atoms with van der Waals surface area (Å²) < 4.78 is 7.32. The molecule has 1 aliphatic rings. The minimum Gasteiger partial charge on any atom is -0.463 e. The van der Waals surface area contributed by atoms with Gasteiger partial charge in [0.1, 0.15) is 0 Å². The van der Waals surface area contributed by atoms with Crippen LogP contribution < -0.4 is 14.9 Å². The van der Waals surface area contributed by atoms with Gasteiger partial charge in [0, 0.05) is 10.0 Å². The molecule has 3 aromatic rings. The maximum absolute atomic E-state index is 13.4. The molecule has 158 valence electrons. The van der Waals surface area contributed by atoms with E-state index in [-0.39, 0.29) is 12.2 Å². The average molecular weight is 473 g/mol. The third-order valence-corrected chi connectivity index (χ3v) is 6.32. The van der Waals surface area contributed by atoms with Crippen molar-refractivity contribution in [1.29, 1.82) is 0 Å². The molecule has 0 fully saturated rings. The number of ether oxygens (including phenoxy) is 1. The van der Waals surface area contributed by atoms with Crippen LogP contribution in [0.3, 0.4) is 0 Å². The van der Waals surface area contributed by atoms with Crippen LogP contribution in [0.15, 0.2) is 69.6 Å². The molecule has 4 rings (SSSR count). The monoisotopic (exact) mass is 472 g/mol. The molecule has 31 heavy (non-hydrogen) atoms. The third-order valence-electron chi connectivity index (χ3n) is 4.85. The highest BCUT2D eigenvalue weighted by Gasteiger charge is 2.33. The molecule has 1 aromatic heterocycles. The quantitative estimate of drug-likeness (QED) is 0.536. The van der Waals surface area contributed by atoms with Gasteiger partial charge in [0.25, 0.3) is 5.56 Å². The molecule has 0 spiro atoms. The van der Waals surface area contributed by atoms with Crippen molar-refractivity contribution in [3.63, 3.8) is 0 Å². The van der Waals surface area contributed by atoms with Crippen molar-refractivity contribution in [2.75, 3.05) is 6.61 Å². The van der Waals surface area contributed by atoms with E-state index < -0.39 is 12.0 Å².